The summed E-state index contributed by atoms with van der Waals surface area (Å²) in [5.74, 6) is 0.806. The van der Waals surface area contributed by atoms with Crippen molar-refractivity contribution < 1.29 is 4.79 Å². The molecular formula is C12H15N3O. The second kappa shape index (κ2) is 3.49. The predicted octanol–water partition coefficient (Wildman–Crippen LogP) is 0.377. The van der Waals surface area contributed by atoms with E-state index in [-0.39, 0.29) is 5.91 Å². The Morgan fingerprint density at radius 3 is 2.94 bits per heavy atom. The number of hydrogen-bond acceptors (Lipinski definition) is 3. The van der Waals surface area contributed by atoms with E-state index in [0.717, 1.165) is 36.6 Å². The first-order valence-corrected chi connectivity index (χ1v) is 5.63. The molecule has 1 fully saturated rings. The number of benzene rings is 1. The second-order valence-electron chi connectivity index (χ2n) is 4.59. The number of nitrogens with two attached hydrogens (primary N) is 1. The zero-order chi connectivity index (χ0) is 11.1. The summed E-state index contributed by atoms with van der Waals surface area (Å²) < 4.78 is 0. The average molecular weight is 217 g/mol. The Balaban J connectivity index is 1.86. The summed E-state index contributed by atoms with van der Waals surface area (Å²) in [6.45, 7) is 2.88. The maximum absolute atomic E-state index is 11.9. The van der Waals surface area contributed by atoms with Gasteiger partial charge in [-0.15, -0.1) is 0 Å². The molecule has 2 aliphatic rings. The summed E-state index contributed by atoms with van der Waals surface area (Å²) in [4.78, 5) is 13.8. The summed E-state index contributed by atoms with van der Waals surface area (Å²) >= 11 is 0. The Bertz CT molecular complexity index is 440. The van der Waals surface area contributed by atoms with Crippen LogP contribution in [0, 0.1) is 5.92 Å². The third kappa shape index (κ3) is 1.46. The van der Waals surface area contributed by atoms with Gasteiger partial charge >= 0.3 is 0 Å². The molecule has 3 N–H and O–H groups in total. The van der Waals surface area contributed by atoms with Crippen molar-refractivity contribution in [2.75, 3.05) is 30.3 Å². The Labute approximate surface area is 94.4 Å². The first-order chi connectivity index (χ1) is 7.74. The molecule has 3 rings (SSSR count). The van der Waals surface area contributed by atoms with E-state index in [0.29, 0.717) is 12.3 Å². The fourth-order valence-corrected chi connectivity index (χ4v) is 2.34. The highest BCUT2D eigenvalue weighted by molar-refractivity contribution is 6.01. The first kappa shape index (κ1) is 9.66. The fraction of sp³-hybridized carbons (Fsp3) is 0.417. The molecule has 4 heteroatoms. The molecule has 84 valence electrons. The van der Waals surface area contributed by atoms with Crippen LogP contribution in [0.4, 0.5) is 11.4 Å². The number of hydrogen-bond donors (Lipinski definition) is 2. The lowest BCUT2D eigenvalue weighted by Gasteiger charge is -2.31. The minimum absolute atomic E-state index is 0.201. The number of rotatable bonds is 2. The molecule has 2 aliphatic heterocycles. The maximum Gasteiger partial charge on any atom is 0.231 e. The smallest absolute Gasteiger partial charge is 0.231 e. The number of carbonyl (C=O) groups excluding carboxylic acids is 1. The molecule has 0 unspecified atom stereocenters. The van der Waals surface area contributed by atoms with E-state index >= 15 is 0 Å². The van der Waals surface area contributed by atoms with Crippen molar-refractivity contribution in [1.82, 2.24) is 5.32 Å². The van der Waals surface area contributed by atoms with Crippen LogP contribution in [0.15, 0.2) is 18.2 Å². The summed E-state index contributed by atoms with van der Waals surface area (Å²) in [6, 6.07) is 5.73. The maximum atomic E-state index is 11.9. The van der Waals surface area contributed by atoms with Gasteiger partial charge in [-0.1, -0.05) is 0 Å². The van der Waals surface area contributed by atoms with Crippen molar-refractivity contribution in [2.45, 2.75) is 6.42 Å². The highest BCUT2D eigenvalue weighted by Crippen LogP contribution is 2.31. The van der Waals surface area contributed by atoms with Gasteiger partial charge in [-0.2, -0.15) is 0 Å². The number of anilines is 2. The van der Waals surface area contributed by atoms with Crippen molar-refractivity contribution >= 4 is 17.3 Å². The van der Waals surface area contributed by atoms with Gasteiger partial charge in [0.25, 0.3) is 0 Å². The van der Waals surface area contributed by atoms with Gasteiger partial charge in [-0.3, -0.25) is 4.79 Å². The molecule has 0 aliphatic carbocycles. The monoisotopic (exact) mass is 217 g/mol. The molecule has 1 amide bonds. The van der Waals surface area contributed by atoms with Crippen LogP contribution in [0.2, 0.25) is 0 Å². The Hall–Kier alpha value is -1.55. The highest BCUT2D eigenvalue weighted by Gasteiger charge is 2.30. The van der Waals surface area contributed by atoms with Crippen LogP contribution in [0.25, 0.3) is 0 Å². The van der Waals surface area contributed by atoms with Gasteiger partial charge in [0.1, 0.15) is 0 Å². The first-order valence-electron chi connectivity index (χ1n) is 5.63. The molecule has 0 atom stereocenters. The SMILES string of the molecule is Nc1ccc2c(c1)CC(=O)N2CC1CNC1. The van der Waals surface area contributed by atoms with Crippen LogP contribution in [-0.4, -0.2) is 25.5 Å². The quantitative estimate of drug-likeness (QED) is 0.704. The Kier molecular flexibility index (Phi) is 2.11. The summed E-state index contributed by atoms with van der Waals surface area (Å²) in [7, 11) is 0. The predicted molar refractivity (Wildman–Crippen MR) is 63.3 cm³/mol. The Morgan fingerprint density at radius 1 is 1.44 bits per heavy atom. The minimum Gasteiger partial charge on any atom is -0.399 e. The molecule has 0 radical (unpaired) electrons. The number of fused-ring (bicyclic) bond motifs is 1. The largest absolute Gasteiger partial charge is 0.399 e. The molecular weight excluding hydrogens is 202 g/mol. The summed E-state index contributed by atoms with van der Waals surface area (Å²) in [6.07, 6.45) is 0.501. The standard InChI is InChI=1S/C12H15N3O/c13-10-1-2-11-9(3-10)4-12(16)15(11)7-8-5-14-6-8/h1-3,8,14H,4-7,13H2. The van der Waals surface area contributed by atoms with Crippen molar-refractivity contribution in [3.8, 4) is 0 Å². The van der Waals surface area contributed by atoms with Crippen molar-refractivity contribution in [2.24, 2.45) is 5.92 Å². The van der Waals surface area contributed by atoms with E-state index in [1.54, 1.807) is 0 Å². The molecule has 0 bridgehead atoms. The van der Waals surface area contributed by atoms with Gasteiger partial charge in [0.2, 0.25) is 5.91 Å². The molecule has 0 aromatic heterocycles. The molecule has 2 heterocycles. The Morgan fingerprint density at radius 2 is 2.25 bits per heavy atom. The third-order valence-electron chi connectivity index (χ3n) is 3.34. The van der Waals surface area contributed by atoms with E-state index < -0.39 is 0 Å². The molecule has 4 nitrogen and oxygen atoms in total. The summed E-state index contributed by atoms with van der Waals surface area (Å²) in [5, 5.41) is 3.23. The molecule has 1 saturated heterocycles. The number of nitrogens with one attached hydrogen (secondary N) is 1. The third-order valence-corrected chi connectivity index (χ3v) is 3.34. The van der Waals surface area contributed by atoms with Gasteiger partial charge in [-0.05, 0) is 23.8 Å². The lowest BCUT2D eigenvalue weighted by molar-refractivity contribution is -0.117. The molecule has 0 spiro atoms. The van der Waals surface area contributed by atoms with Crippen LogP contribution in [-0.2, 0) is 11.2 Å². The van der Waals surface area contributed by atoms with Gasteiger partial charge in [0, 0.05) is 36.9 Å². The second-order valence-corrected chi connectivity index (χ2v) is 4.59. The van der Waals surface area contributed by atoms with Gasteiger partial charge in [0.05, 0.1) is 6.42 Å². The minimum atomic E-state index is 0.201. The average Bonchev–Trinajstić information content (AvgIpc) is 2.47. The molecule has 1 aromatic rings. The van der Waals surface area contributed by atoms with Crippen molar-refractivity contribution in [1.29, 1.82) is 0 Å². The number of nitrogens with zero attached hydrogens (tertiary/aromatic N) is 1. The lowest BCUT2D eigenvalue weighted by atomic mass is 10.0. The van der Waals surface area contributed by atoms with Crippen LogP contribution < -0.4 is 16.0 Å². The number of carbonyl (C=O) groups is 1. The molecule has 0 saturated carbocycles. The summed E-state index contributed by atoms with van der Waals surface area (Å²) in [5.41, 5.74) is 8.57. The van der Waals surface area contributed by atoms with E-state index in [2.05, 4.69) is 5.32 Å². The van der Waals surface area contributed by atoms with Crippen LogP contribution in [0.1, 0.15) is 5.56 Å². The molecule has 16 heavy (non-hydrogen) atoms. The van der Waals surface area contributed by atoms with Crippen LogP contribution in [0.3, 0.4) is 0 Å². The van der Waals surface area contributed by atoms with E-state index in [1.807, 2.05) is 23.1 Å². The van der Waals surface area contributed by atoms with Gasteiger partial charge in [0.15, 0.2) is 0 Å². The van der Waals surface area contributed by atoms with Gasteiger partial charge < -0.3 is 16.0 Å². The topological polar surface area (TPSA) is 58.4 Å². The normalized spacial score (nSPS) is 19.8. The van der Waals surface area contributed by atoms with Crippen LogP contribution in [0.5, 0.6) is 0 Å². The van der Waals surface area contributed by atoms with Crippen LogP contribution >= 0.6 is 0 Å². The number of nitrogen functional groups attached to an aromatic ring is 1. The van der Waals surface area contributed by atoms with E-state index in [4.69, 9.17) is 5.73 Å². The zero-order valence-corrected chi connectivity index (χ0v) is 9.07. The van der Waals surface area contributed by atoms with E-state index in [9.17, 15) is 4.79 Å². The van der Waals surface area contributed by atoms with E-state index in [1.165, 1.54) is 0 Å². The highest BCUT2D eigenvalue weighted by atomic mass is 16.2. The zero-order valence-electron chi connectivity index (χ0n) is 9.07. The van der Waals surface area contributed by atoms with Crippen molar-refractivity contribution in [3.05, 3.63) is 23.8 Å². The molecule has 1 aromatic carbocycles. The lowest BCUT2D eigenvalue weighted by Crippen LogP contribution is -2.49. The number of amides is 1. The van der Waals surface area contributed by atoms with Gasteiger partial charge in [-0.25, -0.2) is 0 Å². The fourth-order valence-electron chi connectivity index (χ4n) is 2.34. The van der Waals surface area contributed by atoms with Crippen molar-refractivity contribution in [3.63, 3.8) is 0 Å².